The molecule has 1 aliphatic rings. The molecule has 3 heterocycles. The second-order valence-electron chi connectivity index (χ2n) is 6.72. The van der Waals surface area contributed by atoms with Crippen LogP contribution >= 0.6 is 0 Å². The highest BCUT2D eigenvalue weighted by Gasteiger charge is 2.35. The fourth-order valence-electron chi connectivity index (χ4n) is 3.28. The number of anilines is 1. The van der Waals surface area contributed by atoms with Gasteiger partial charge in [0.25, 0.3) is 0 Å². The van der Waals surface area contributed by atoms with Gasteiger partial charge in [0.1, 0.15) is 23.5 Å². The Kier molecular flexibility index (Phi) is 4.39. The van der Waals surface area contributed by atoms with Crippen LogP contribution in [0.1, 0.15) is 31.4 Å². The van der Waals surface area contributed by atoms with Crippen LogP contribution in [0.15, 0.2) is 24.7 Å². The summed E-state index contributed by atoms with van der Waals surface area (Å²) in [7, 11) is 0. The van der Waals surface area contributed by atoms with E-state index < -0.39 is 17.8 Å². The zero-order chi connectivity index (χ0) is 19.9. The Bertz CT molecular complexity index is 989. The molecule has 148 valence electrons. The molecule has 0 amide bonds. The number of nitrogens with one attached hydrogen (secondary N) is 2. The summed E-state index contributed by atoms with van der Waals surface area (Å²) in [5.41, 5.74) is -0.373. The van der Waals surface area contributed by atoms with E-state index in [0.717, 1.165) is 12.4 Å². The van der Waals surface area contributed by atoms with Gasteiger partial charge in [-0.3, -0.25) is 5.10 Å². The maximum atomic E-state index is 13.4. The molecule has 2 N–H and O–H groups in total. The smallest absolute Gasteiger partial charge is 0.367 e. The minimum Gasteiger partial charge on any atom is -0.367 e. The first-order valence-corrected chi connectivity index (χ1v) is 8.60. The minimum atomic E-state index is -4.61. The van der Waals surface area contributed by atoms with Gasteiger partial charge in [0.15, 0.2) is 0 Å². The van der Waals surface area contributed by atoms with Crippen LogP contribution in [0.3, 0.4) is 0 Å². The topological polar surface area (TPSA) is 79.4 Å². The first-order valence-electron chi connectivity index (χ1n) is 8.60. The molecule has 1 fully saturated rings. The van der Waals surface area contributed by atoms with E-state index in [4.69, 9.17) is 0 Å². The van der Waals surface area contributed by atoms with Crippen molar-refractivity contribution in [3.8, 4) is 11.4 Å². The number of alkyl halides is 5. The van der Waals surface area contributed by atoms with Gasteiger partial charge < -0.3 is 5.32 Å². The lowest BCUT2D eigenvalue weighted by molar-refractivity contribution is -0.141. The van der Waals surface area contributed by atoms with Gasteiger partial charge in [-0.1, -0.05) is 0 Å². The molecule has 4 rings (SSSR count). The Balaban J connectivity index is 1.70. The molecule has 11 heteroatoms. The third kappa shape index (κ3) is 3.60. The summed E-state index contributed by atoms with van der Waals surface area (Å²) < 4.78 is 65.7. The maximum Gasteiger partial charge on any atom is 0.433 e. The molecule has 0 aromatic carbocycles. The van der Waals surface area contributed by atoms with Gasteiger partial charge >= 0.3 is 6.18 Å². The normalized spacial score (nSPS) is 17.8. The SMILES string of the molecule is FC1(F)CCC(Nc2nccc3[nH]nc(-c4cc(C(F)(F)F)ncn4)c23)CC1. The second kappa shape index (κ2) is 6.64. The van der Waals surface area contributed by atoms with E-state index in [2.05, 4.69) is 30.5 Å². The Labute approximate surface area is 155 Å². The highest BCUT2D eigenvalue weighted by molar-refractivity contribution is 5.99. The number of fused-ring (bicyclic) bond motifs is 1. The molecular formula is C17H15F5N6. The van der Waals surface area contributed by atoms with Crippen LogP contribution < -0.4 is 5.32 Å². The zero-order valence-corrected chi connectivity index (χ0v) is 14.4. The minimum absolute atomic E-state index is 0.0141. The number of aromatic nitrogens is 5. The van der Waals surface area contributed by atoms with Gasteiger partial charge in [-0.15, -0.1) is 0 Å². The number of hydrogen-bond acceptors (Lipinski definition) is 5. The van der Waals surface area contributed by atoms with E-state index in [9.17, 15) is 22.0 Å². The molecule has 3 aromatic rings. The van der Waals surface area contributed by atoms with Crippen molar-refractivity contribution in [2.75, 3.05) is 5.32 Å². The highest BCUT2D eigenvalue weighted by Crippen LogP contribution is 2.37. The summed E-state index contributed by atoms with van der Waals surface area (Å²) >= 11 is 0. The molecule has 0 atom stereocenters. The first-order chi connectivity index (χ1) is 13.2. The fraction of sp³-hybridized carbons (Fsp3) is 0.412. The van der Waals surface area contributed by atoms with Crippen molar-refractivity contribution in [3.05, 3.63) is 30.4 Å². The van der Waals surface area contributed by atoms with Crippen LogP contribution in [-0.4, -0.2) is 37.1 Å². The van der Waals surface area contributed by atoms with E-state index in [1.807, 2.05) is 0 Å². The number of nitrogens with zero attached hydrogens (tertiary/aromatic N) is 4. The highest BCUT2D eigenvalue weighted by atomic mass is 19.4. The van der Waals surface area contributed by atoms with Crippen molar-refractivity contribution in [2.24, 2.45) is 0 Å². The van der Waals surface area contributed by atoms with Crippen LogP contribution in [0.4, 0.5) is 27.8 Å². The van der Waals surface area contributed by atoms with Gasteiger partial charge in [0.05, 0.1) is 16.6 Å². The molecule has 0 bridgehead atoms. The summed E-state index contributed by atoms with van der Waals surface area (Å²) in [5, 5.41) is 10.4. The molecule has 3 aromatic heterocycles. The van der Waals surface area contributed by atoms with Gasteiger partial charge in [0, 0.05) is 25.1 Å². The van der Waals surface area contributed by atoms with Crippen molar-refractivity contribution < 1.29 is 22.0 Å². The largest absolute Gasteiger partial charge is 0.433 e. The molecule has 0 spiro atoms. The number of hydrogen-bond donors (Lipinski definition) is 2. The molecule has 6 nitrogen and oxygen atoms in total. The van der Waals surface area contributed by atoms with Gasteiger partial charge in [0.2, 0.25) is 5.92 Å². The van der Waals surface area contributed by atoms with E-state index in [1.54, 1.807) is 6.07 Å². The Morgan fingerprint density at radius 2 is 1.86 bits per heavy atom. The average molecular weight is 398 g/mol. The second-order valence-corrected chi connectivity index (χ2v) is 6.72. The van der Waals surface area contributed by atoms with Crippen LogP contribution in [-0.2, 0) is 6.18 Å². The van der Waals surface area contributed by atoms with Crippen LogP contribution in [0.5, 0.6) is 0 Å². The lowest BCUT2D eigenvalue weighted by Crippen LogP contribution is -2.32. The Morgan fingerprint density at radius 3 is 2.57 bits per heavy atom. The summed E-state index contributed by atoms with van der Waals surface area (Å²) in [6, 6.07) is 2.22. The summed E-state index contributed by atoms with van der Waals surface area (Å²) in [6.45, 7) is 0. The fourth-order valence-corrected chi connectivity index (χ4v) is 3.28. The van der Waals surface area contributed by atoms with Crippen LogP contribution in [0, 0.1) is 0 Å². The van der Waals surface area contributed by atoms with Crippen LogP contribution in [0.2, 0.25) is 0 Å². The number of aromatic amines is 1. The van der Waals surface area contributed by atoms with E-state index in [1.165, 1.54) is 6.20 Å². The lowest BCUT2D eigenvalue weighted by atomic mass is 9.92. The molecule has 0 aliphatic heterocycles. The standard InChI is InChI=1S/C17H15F5N6/c18-16(19)4-1-9(2-5-16)26-15-13-10(3-6-23-15)27-28-14(13)11-7-12(17(20,21)22)25-8-24-11/h3,6-9H,1-2,4-5H2,(H,23,26)(H,27,28). The first kappa shape index (κ1) is 18.5. The predicted octanol–water partition coefficient (Wildman–Crippen LogP) is 4.42. The van der Waals surface area contributed by atoms with E-state index >= 15 is 0 Å². The van der Waals surface area contributed by atoms with Gasteiger partial charge in [-0.25, -0.2) is 23.7 Å². The number of H-pyrrole nitrogens is 1. The van der Waals surface area contributed by atoms with Gasteiger partial charge in [-0.2, -0.15) is 18.3 Å². The molecule has 1 saturated carbocycles. The van der Waals surface area contributed by atoms with Crippen molar-refractivity contribution in [1.82, 2.24) is 25.1 Å². The molecular weight excluding hydrogens is 383 g/mol. The van der Waals surface area contributed by atoms with E-state index in [-0.39, 0.29) is 43.1 Å². The predicted molar refractivity (Wildman–Crippen MR) is 90.7 cm³/mol. The van der Waals surface area contributed by atoms with Crippen molar-refractivity contribution >= 4 is 16.7 Å². The molecule has 0 saturated heterocycles. The molecule has 0 unspecified atom stereocenters. The maximum absolute atomic E-state index is 13.4. The quantitative estimate of drug-likeness (QED) is 0.639. The monoisotopic (exact) mass is 398 g/mol. The number of halogens is 5. The third-order valence-corrected chi connectivity index (χ3v) is 4.73. The zero-order valence-electron chi connectivity index (χ0n) is 14.4. The summed E-state index contributed by atoms with van der Waals surface area (Å²) in [4.78, 5) is 11.4. The van der Waals surface area contributed by atoms with Crippen LogP contribution in [0.25, 0.3) is 22.3 Å². The van der Waals surface area contributed by atoms with Crippen molar-refractivity contribution in [1.29, 1.82) is 0 Å². The average Bonchev–Trinajstić information content (AvgIpc) is 3.08. The molecule has 1 aliphatic carbocycles. The Hall–Kier alpha value is -2.85. The summed E-state index contributed by atoms with van der Waals surface area (Å²) in [5.74, 6) is -2.29. The van der Waals surface area contributed by atoms with Crippen molar-refractivity contribution in [3.63, 3.8) is 0 Å². The van der Waals surface area contributed by atoms with Gasteiger partial charge in [-0.05, 0) is 25.0 Å². The van der Waals surface area contributed by atoms with E-state index in [0.29, 0.717) is 16.7 Å². The molecule has 28 heavy (non-hydrogen) atoms. The lowest BCUT2D eigenvalue weighted by Gasteiger charge is -2.29. The summed E-state index contributed by atoms with van der Waals surface area (Å²) in [6.07, 6.45) is -2.19. The number of rotatable bonds is 3. The van der Waals surface area contributed by atoms with Crippen molar-refractivity contribution in [2.45, 2.75) is 43.8 Å². The Morgan fingerprint density at radius 1 is 1.11 bits per heavy atom. The molecule has 0 radical (unpaired) electrons. The third-order valence-electron chi connectivity index (χ3n) is 4.73. The number of pyridine rings is 1.